The Morgan fingerprint density at radius 2 is 2.00 bits per heavy atom. The van der Waals surface area contributed by atoms with E-state index in [9.17, 15) is 0 Å². The minimum absolute atomic E-state index is 0.319. The average Bonchev–Trinajstić information content (AvgIpc) is 3.26. The van der Waals surface area contributed by atoms with Crippen molar-refractivity contribution in [1.29, 1.82) is 0 Å². The molecule has 0 bridgehead atoms. The maximum absolute atomic E-state index is 3.80. The maximum atomic E-state index is 3.80. The van der Waals surface area contributed by atoms with Gasteiger partial charge in [0.1, 0.15) is 0 Å². The molecule has 3 rings (SSSR count). The standard InChI is InChI=1S/C17H26N2/c1-3-14-5-9-16(10-6-14)19-12-4-11-18-17(2,13-19)15-7-8-15/h5-6,9-10,15,18H,3-4,7-8,11-13H2,1-2H3. The molecule has 2 fully saturated rings. The van der Waals surface area contributed by atoms with Crippen molar-refractivity contribution in [3.05, 3.63) is 29.8 Å². The van der Waals surface area contributed by atoms with Crippen LogP contribution in [0.25, 0.3) is 0 Å². The zero-order valence-corrected chi connectivity index (χ0v) is 12.3. The number of benzene rings is 1. The highest BCUT2D eigenvalue weighted by Gasteiger charge is 2.42. The zero-order valence-electron chi connectivity index (χ0n) is 12.3. The third-order valence-corrected chi connectivity index (χ3v) is 4.84. The first-order valence-corrected chi connectivity index (χ1v) is 7.80. The largest absolute Gasteiger partial charge is 0.370 e. The third-order valence-electron chi connectivity index (χ3n) is 4.84. The van der Waals surface area contributed by atoms with Crippen LogP contribution in [0.5, 0.6) is 0 Å². The van der Waals surface area contributed by atoms with E-state index in [2.05, 4.69) is 48.3 Å². The van der Waals surface area contributed by atoms with Crippen molar-refractivity contribution in [3.63, 3.8) is 0 Å². The van der Waals surface area contributed by atoms with Crippen LogP contribution >= 0.6 is 0 Å². The van der Waals surface area contributed by atoms with Gasteiger partial charge in [-0.2, -0.15) is 0 Å². The third kappa shape index (κ3) is 2.79. The zero-order chi connectivity index (χ0) is 13.3. The van der Waals surface area contributed by atoms with Crippen LogP contribution < -0.4 is 10.2 Å². The van der Waals surface area contributed by atoms with Gasteiger partial charge in [0, 0.05) is 24.3 Å². The molecule has 1 aliphatic heterocycles. The second kappa shape index (κ2) is 5.16. The Bertz CT molecular complexity index is 421. The van der Waals surface area contributed by atoms with Gasteiger partial charge in [-0.1, -0.05) is 19.1 Å². The average molecular weight is 258 g/mol. The molecular weight excluding hydrogens is 232 g/mol. The molecule has 1 aliphatic carbocycles. The van der Waals surface area contributed by atoms with Gasteiger partial charge in [-0.15, -0.1) is 0 Å². The first-order valence-electron chi connectivity index (χ1n) is 7.80. The number of nitrogens with one attached hydrogen (secondary N) is 1. The van der Waals surface area contributed by atoms with E-state index in [-0.39, 0.29) is 0 Å². The summed E-state index contributed by atoms with van der Waals surface area (Å²) in [6.07, 6.45) is 5.19. The molecular formula is C17H26N2. The van der Waals surface area contributed by atoms with Gasteiger partial charge in [0.15, 0.2) is 0 Å². The summed E-state index contributed by atoms with van der Waals surface area (Å²) >= 11 is 0. The Morgan fingerprint density at radius 3 is 2.63 bits per heavy atom. The minimum atomic E-state index is 0.319. The van der Waals surface area contributed by atoms with Gasteiger partial charge in [-0.3, -0.25) is 0 Å². The van der Waals surface area contributed by atoms with E-state index < -0.39 is 0 Å². The lowest BCUT2D eigenvalue weighted by Gasteiger charge is -2.35. The molecule has 1 heterocycles. The fraction of sp³-hybridized carbons (Fsp3) is 0.647. The molecule has 104 valence electrons. The van der Waals surface area contributed by atoms with E-state index in [1.807, 2.05) is 0 Å². The summed E-state index contributed by atoms with van der Waals surface area (Å²) in [6.45, 7) is 8.14. The number of anilines is 1. The number of hydrogen-bond donors (Lipinski definition) is 1. The van der Waals surface area contributed by atoms with Crippen LogP contribution in [0.3, 0.4) is 0 Å². The Morgan fingerprint density at radius 1 is 1.26 bits per heavy atom. The van der Waals surface area contributed by atoms with E-state index in [4.69, 9.17) is 0 Å². The number of nitrogens with zero attached hydrogens (tertiary/aromatic N) is 1. The lowest BCUT2D eigenvalue weighted by molar-refractivity contribution is 0.331. The maximum Gasteiger partial charge on any atom is 0.0367 e. The SMILES string of the molecule is CCc1ccc(N2CCCNC(C)(C3CC3)C2)cc1. The van der Waals surface area contributed by atoms with E-state index in [0.29, 0.717) is 5.54 Å². The smallest absolute Gasteiger partial charge is 0.0367 e. The molecule has 19 heavy (non-hydrogen) atoms. The summed E-state index contributed by atoms with van der Waals surface area (Å²) in [5.74, 6) is 0.892. The van der Waals surface area contributed by atoms with Gasteiger partial charge < -0.3 is 10.2 Å². The molecule has 0 aromatic heterocycles. The van der Waals surface area contributed by atoms with Crippen molar-refractivity contribution in [2.45, 2.75) is 45.1 Å². The fourth-order valence-corrected chi connectivity index (χ4v) is 3.33. The second-order valence-corrected chi connectivity index (χ2v) is 6.41. The second-order valence-electron chi connectivity index (χ2n) is 6.41. The minimum Gasteiger partial charge on any atom is -0.370 e. The summed E-state index contributed by atoms with van der Waals surface area (Å²) < 4.78 is 0. The highest BCUT2D eigenvalue weighted by atomic mass is 15.2. The first kappa shape index (κ1) is 13.0. The molecule has 1 aromatic rings. The highest BCUT2D eigenvalue weighted by Crippen LogP contribution is 2.41. The van der Waals surface area contributed by atoms with Gasteiger partial charge in [-0.25, -0.2) is 0 Å². The van der Waals surface area contributed by atoms with Crippen LogP contribution in [0, 0.1) is 5.92 Å². The molecule has 1 saturated carbocycles. The van der Waals surface area contributed by atoms with Crippen molar-refractivity contribution >= 4 is 5.69 Å². The van der Waals surface area contributed by atoms with Crippen LogP contribution in [0.4, 0.5) is 5.69 Å². The number of aryl methyl sites for hydroxylation is 1. The number of hydrogen-bond acceptors (Lipinski definition) is 2. The molecule has 1 unspecified atom stereocenters. The van der Waals surface area contributed by atoms with E-state index in [1.165, 1.54) is 37.1 Å². The van der Waals surface area contributed by atoms with Crippen LogP contribution in [0.15, 0.2) is 24.3 Å². The quantitative estimate of drug-likeness (QED) is 0.895. The Balaban J connectivity index is 1.77. The number of rotatable bonds is 3. The van der Waals surface area contributed by atoms with Crippen LogP contribution in [-0.4, -0.2) is 25.2 Å². The molecule has 0 amide bonds. The first-order chi connectivity index (χ1) is 9.21. The topological polar surface area (TPSA) is 15.3 Å². The predicted octanol–water partition coefficient (Wildman–Crippen LogP) is 3.22. The summed E-state index contributed by atoms with van der Waals surface area (Å²) in [5.41, 5.74) is 3.15. The van der Waals surface area contributed by atoms with Crippen molar-refractivity contribution in [1.82, 2.24) is 5.32 Å². The van der Waals surface area contributed by atoms with Gasteiger partial charge in [0.25, 0.3) is 0 Å². The van der Waals surface area contributed by atoms with Crippen molar-refractivity contribution in [2.24, 2.45) is 5.92 Å². The summed E-state index contributed by atoms with van der Waals surface area (Å²) in [7, 11) is 0. The van der Waals surface area contributed by atoms with Gasteiger partial charge in [0.05, 0.1) is 0 Å². The molecule has 2 aliphatic rings. The van der Waals surface area contributed by atoms with Crippen LogP contribution in [-0.2, 0) is 6.42 Å². The lowest BCUT2D eigenvalue weighted by Crippen LogP contribution is -2.51. The summed E-state index contributed by atoms with van der Waals surface area (Å²) in [6, 6.07) is 9.17. The Labute approximate surface area is 117 Å². The van der Waals surface area contributed by atoms with E-state index in [0.717, 1.165) is 25.4 Å². The Hall–Kier alpha value is -1.02. The Kier molecular flexibility index (Phi) is 3.53. The van der Waals surface area contributed by atoms with Gasteiger partial charge in [0.2, 0.25) is 0 Å². The molecule has 1 atom stereocenters. The molecule has 0 spiro atoms. The van der Waals surface area contributed by atoms with Gasteiger partial charge in [-0.05, 0) is 62.8 Å². The highest BCUT2D eigenvalue weighted by molar-refractivity contribution is 5.48. The van der Waals surface area contributed by atoms with Crippen LogP contribution in [0.2, 0.25) is 0 Å². The normalized spacial score (nSPS) is 28.2. The molecule has 1 saturated heterocycles. The molecule has 1 aromatic carbocycles. The van der Waals surface area contributed by atoms with Crippen molar-refractivity contribution in [3.8, 4) is 0 Å². The molecule has 1 N–H and O–H groups in total. The molecule has 2 nitrogen and oxygen atoms in total. The monoisotopic (exact) mass is 258 g/mol. The lowest BCUT2D eigenvalue weighted by atomic mass is 9.95. The predicted molar refractivity (Wildman–Crippen MR) is 81.8 cm³/mol. The van der Waals surface area contributed by atoms with E-state index in [1.54, 1.807) is 0 Å². The van der Waals surface area contributed by atoms with E-state index >= 15 is 0 Å². The van der Waals surface area contributed by atoms with Gasteiger partial charge >= 0.3 is 0 Å². The molecule has 2 heteroatoms. The van der Waals surface area contributed by atoms with Crippen molar-refractivity contribution in [2.75, 3.05) is 24.5 Å². The van der Waals surface area contributed by atoms with Crippen LogP contribution in [0.1, 0.15) is 38.7 Å². The summed E-state index contributed by atoms with van der Waals surface area (Å²) in [4.78, 5) is 2.58. The van der Waals surface area contributed by atoms with Crippen molar-refractivity contribution < 1.29 is 0 Å². The molecule has 0 radical (unpaired) electrons. The fourth-order valence-electron chi connectivity index (χ4n) is 3.33. The summed E-state index contributed by atoms with van der Waals surface area (Å²) in [5, 5.41) is 3.80.